The van der Waals surface area contributed by atoms with Crippen molar-refractivity contribution in [2.75, 3.05) is 0 Å². The molecule has 0 aliphatic heterocycles. The minimum atomic E-state index is -0.516. The van der Waals surface area contributed by atoms with Crippen LogP contribution in [0.25, 0.3) is 0 Å². The number of allylic oxidation sites excluding steroid dienone is 2. The van der Waals surface area contributed by atoms with Crippen LogP contribution in [0.4, 0.5) is 0 Å². The molecule has 1 fully saturated rings. The lowest BCUT2D eigenvalue weighted by Crippen LogP contribution is -2.30. The maximum Gasteiger partial charge on any atom is 0.0688 e. The maximum atomic E-state index is 10.4. The fourth-order valence-electron chi connectivity index (χ4n) is 3.27. The predicted octanol–water partition coefficient (Wildman–Crippen LogP) is 3.70. The van der Waals surface area contributed by atoms with E-state index in [-0.39, 0.29) is 0 Å². The molecule has 1 unspecified atom stereocenters. The van der Waals surface area contributed by atoms with E-state index in [0.717, 1.165) is 25.7 Å². The Bertz CT molecular complexity index is 322. The molecule has 2 aliphatic carbocycles. The van der Waals surface area contributed by atoms with E-state index in [4.69, 9.17) is 0 Å². The van der Waals surface area contributed by atoms with Gasteiger partial charge in [-0.1, -0.05) is 37.6 Å². The Kier molecular flexibility index (Phi) is 3.00. The van der Waals surface area contributed by atoms with Crippen molar-refractivity contribution in [1.82, 2.24) is 0 Å². The molecule has 0 aromatic rings. The predicted molar refractivity (Wildman–Crippen MR) is 68.1 cm³/mol. The summed E-state index contributed by atoms with van der Waals surface area (Å²) in [6.45, 7) is 10.7. The minimum Gasteiger partial charge on any atom is -0.390 e. The summed E-state index contributed by atoms with van der Waals surface area (Å²) >= 11 is 0. The third kappa shape index (κ3) is 1.98. The lowest BCUT2D eigenvalue weighted by atomic mass is 9.83. The van der Waals surface area contributed by atoms with E-state index in [1.54, 1.807) is 0 Å². The van der Waals surface area contributed by atoms with Gasteiger partial charge in [-0.05, 0) is 44.4 Å². The summed E-state index contributed by atoms with van der Waals surface area (Å²) in [5, 5.41) is 10.4. The summed E-state index contributed by atoms with van der Waals surface area (Å²) in [6, 6.07) is 0. The Hall–Kier alpha value is -0.560. The largest absolute Gasteiger partial charge is 0.390 e. The summed E-state index contributed by atoms with van der Waals surface area (Å²) in [4.78, 5) is 0. The van der Waals surface area contributed by atoms with E-state index in [2.05, 4.69) is 26.5 Å². The summed E-state index contributed by atoms with van der Waals surface area (Å²) < 4.78 is 0. The zero-order valence-electron chi connectivity index (χ0n) is 10.8. The monoisotopic (exact) mass is 220 g/mol. The summed E-state index contributed by atoms with van der Waals surface area (Å²) in [5.74, 6) is 1.43. The van der Waals surface area contributed by atoms with Crippen LogP contribution in [-0.2, 0) is 0 Å². The number of fused-ring (bicyclic) bond motifs is 1. The highest BCUT2D eigenvalue weighted by Gasteiger charge is 2.44. The Morgan fingerprint density at radius 1 is 1.44 bits per heavy atom. The molecular formula is C15H24O. The average molecular weight is 220 g/mol. The SMILES string of the molecule is C=C1CCC(C(C)C)=C[C@H]2C1CC[C@]2(C)O. The summed E-state index contributed by atoms with van der Waals surface area (Å²) in [5.41, 5.74) is 2.35. The van der Waals surface area contributed by atoms with Crippen molar-refractivity contribution in [1.29, 1.82) is 0 Å². The maximum absolute atomic E-state index is 10.4. The number of rotatable bonds is 1. The highest BCUT2D eigenvalue weighted by Crippen LogP contribution is 2.48. The van der Waals surface area contributed by atoms with Gasteiger partial charge in [-0.15, -0.1) is 0 Å². The van der Waals surface area contributed by atoms with Gasteiger partial charge < -0.3 is 5.11 Å². The third-order valence-electron chi connectivity index (χ3n) is 4.51. The van der Waals surface area contributed by atoms with Crippen LogP contribution < -0.4 is 0 Å². The van der Waals surface area contributed by atoms with E-state index < -0.39 is 5.60 Å². The van der Waals surface area contributed by atoms with Crippen molar-refractivity contribution >= 4 is 0 Å². The zero-order chi connectivity index (χ0) is 11.9. The minimum absolute atomic E-state index is 0.305. The van der Waals surface area contributed by atoms with Crippen LogP contribution >= 0.6 is 0 Å². The molecule has 0 heterocycles. The molecule has 1 nitrogen and oxygen atoms in total. The van der Waals surface area contributed by atoms with E-state index >= 15 is 0 Å². The quantitative estimate of drug-likeness (QED) is 0.668. The van der Waals surface area contributed by atoms with Crippen LogP contribution in [0, 0.1) is 17.8 Å². The lowest BCUT2D eigenvalue weighted by Gasteiger charge is -2.27. The first-order valence-electron chi connectivity index (χ1n) is 6.52. The molecule has 0 amide bonds. The van der Waals surface area contributed by atoms with Crippen molar-refractivity contribution in [3.05, 3.63) is 23.8 Å². The number of hydrogen-bond donors (Lipinski definition) is 1. The van der Waals surface area contributed by atoms with Crippen molar-refractivity contribution in [3.63, 3.8) is 0 Å². The van der Waals surface area contributed by atoms with Crippen LogP contribution in [-0.4, -0.2) is 10.7 Å². The van der Waals surface area contributed by atoms with Crippen molar-refractivity contribution < 1.29 is 5.11 Å². The zero-order valence-corrected chi connectivity index (χ0v) is 10.8. The molecule has 0 spiro atoms. The molecule has 0 saturated heterocycles. The first kappa shape index (κ1) is 11.9. The van der Waals surface area contributed by atoms with Gasteiger partial charge in [0.2, 0.25) is 0 Å². The second-order valence-electron chi connectivity index (χ2n) is 6.08. The van der Waals surface area contributed by atoms with E-state index in [1.807, 2.05) is 6.92 Å². The van der Waals surface area contributed by atoms with Crippen molar-refractivity contribution in [2.24, 2.45) is 17.8 Å². The number of aliphatic hydroxyl groups is 1. The molecule has 1 heteroatoms. The topological polar surface area (TPSA) is 20.2 Å². The first-order chi connectivity index (χ1) is 7.42. The Balaban J connectivity index is 2.33. The van der Waals surface area contributed by atoms with E-state index in [9.17, 15) is 5.11 Å². The number of hydrogen-bond acceptors (Lipinski definition) is 1. The highest BCUT2D eigenvalue weighted by molar-refractivity contribution is 5.24. The molecule has 2 aliphatic rings. The van der Waals surface area contributed by atoms with Crippen molar-refractivity contribution in [3.8, 4) is 0 Å². The summed E-state index contributed by atoms with van der Waals surface area (Å²) in [7, 11) is 0. The molecule has 2 rings (SSSR count). The molecule has 0 aromatic heterocycles. The second-order valence-corrected chi connectivity index (χ2v) is 6.08. The van der Waals surface area contributed by atoms with E-state index in [1.165, 1.54) is 11.1 Å². The van der Waals surface area contributed by atoms with Gasteiger partial charge in [0.25, 0.3) is 0 Å². The molecule has 90 valence electrons. The van der Waals surface area contributed by atoms with Gasteiger partial charge in [0.1, 0.15) is 0 Å². The van der Waals surface area contributed by atoms with Gasteiger partial charge in [-0.2, -0.15) is 0 Å². The fraction of sp³-hybridized carbons (Fsp3) is 0.733. The molecule has 1 N–H and O–H groups in total. The van der Waals surface area contributed by atoms with E-state index in [0.29, 0.717) is 17.8 Å². The standard InChI is InChI=1S/C15H24O/c1-10(2)12-6-5-11(3)13-7-8-15(4,16)14(13)9-12/h9-10,13-14,16H,3,5-8H2,1-2,4H3/t13?,14-,15-/m0/s1. The Morgan fingerprint density at radius 3 is 2.75 bits per heavy atom. The molecule has 0 radical (unpaired) electrons. The normalized spacial score (nSPS) is 39.6. The van der Waals surface area contributed by atoms with Crippen LogP contribution in [0.2, 0.25) is 0 Å². The fourth-order valence-corrected chi connectivity index (χ4v) is 3.27. The smallest absolute Gasteiger partial charge is 0.0688 e. The average Bonchev–Trinajstić information content (AvgIpc) is 2.38. The van der Waals surface area contributed by atoms with Crippen LogP contribution in [0.5, 0.6) is 0 Å². The molecule has 0 bridgehead atoms. The van der Waals surface area contributed by atoms with Gasteiger partial charge in [-0.3, -0.25) is 0 Å². The van der Waals surface area contributed by atoms with Crippen LogP contribution in [0.1, 0.15) is 46.5 Å². The molecule has 3 atom stereocenters. The molecule has 16 heavy (non-hydrogen) atoms. The Morgan fingerprint density at radius 2 is 2.12 bits per heavy atom. The molecule has 0 aromatic carbocycles. The van der Waals surface area contributed by atoms with Gasteiger partial charge in [0, 0.05) is 5.92 Å². The lowest BCUT2D eigenvalue weighted by molar-refractivity contribution is 0.0330. The third-order valence-corrected chi connectivity index (χ3v) is 4.51. The van der Waals surface area contributed by atoms with Crippen LogP contribution in [0.3, 0.4) is 0 Å². The molecular weight excluding hydrogens is 196 g/mol. The van der Waals surface area contributed by atoms with Gasteiger partial charge in [-0.25, -0.2) is 0 Å². The van der Waals surface area contributed by atoms with Crippen LogP contribution in [0.15, 0.2) is 23.8 Å². The highest BCUT2D eigenvalue weighted by atomic mass is 16.3. The second kappa shape index (κ2) is 4.03. The van der Waals surface area contributed by atoms with Crippen molar-refractivity contribution in [2.45, 2.75) is 52.1 Å². The Labute approximate surface area is 99.3 Å². The van der Waals surface area contributed by atoms with Gasteiger partial charge >= 0.3 is 0 Å². The van der Waals surface area contributed by atoms with Gasteiger partial charge in [0.05, 0.1) is 5.60 Å². The first-order valence-corrected chi connectivity index (χ1v) is 6.52. The van der Waals surface area contributed by atoms with Gasteiger partial charge in [0.15, 0.2) is 0 Å². The molecule has 1 saturated carbocycles. The summed E-state index contributed by atoms with van der Waals surface area (Å²) in [6.07, 6.45) is 6.64.